The first-order chi connectivity index (χ1) is 11.8. The van der Waals surface area contributed by atoms with Crippen LogP contribution in [0.5, 0.6) is 0 Å². The number of para-hydroxylation sites is 2. The first kappa shape index (κ1) is 13.4. The number of hydrogen-bond acceptors (Lipinski definition) is 0. The summed E-state index contributed by atoms with van der Waals surface area (Å²) in [5.74, 6) is 0. The molecule has 0 atom stereocenters. The second-order valence-electron chi connectivity index (χ2n) is 6.32. The Morgan fingerprint density at radius 3 is 1.62 bits per heavy atom. The molecule has 0 N–H and O–H groups in total. The predicted molar refractivity (Wildman–Crippen MR) is 103 cm³/mol. The van der Waals surface area contributed by atoms with Crippen LogP contribution in [0.4, 0.5) is 0 Å². The maximum atomic E-state index is 2.40. The fraction of sp³-hybridized carbons (Fsp3) is 0.0435. The van der Waals surface area contributed by atoms with Gasteiger partial charge in [0, 0.05) is 16.2 Å². The Bertz CT molecular complexity index is 1160. The monoisotopic (exact) mass is 307 g/mol. The van der Waals surface area contributed by atoms with Crippen LogP contribution < -0.4 is 0 Å². The van der Waals surface area contributed by atoms with E-state index in [1.165, 1.54) is 43.8 Å². The van der Waals surface area contributed by atoms with E-state index in [1.54, 1.807) is 0 Å². The third-order valence-corrected chi connectivity index (χ3v) is 4.94. The highest BCUT2D eigenvalue weighted by molar-refractivity contribution is 6.10. The summed E-state index contributed by atoms with van der Waals surface area (Å²) in [5, 5.41) is 5.22. The van der Waals surface area contributed by atoms with Crippen LogP contribution in [0.1, 0.15) is 5.56 Å². The minimum atomic E-state index is 1.24. The number of aryl methyl sites for hydroxylation is 1. The van der Waals surface area contributed by atoms with Crippen LogP contribution in [0.25, 0.3) is 38.3 Å². The summed E-state index contributed by atoms with van der Waals surface area (Å²) >= 11 is 0. The van der Waals surface area contributed by atoms with Crippen molar-refractivity contribution in [2.24, 2.45) is 0 Å². The number of hydrogen-bond donors (Lipinski definition) is 0. The van der Waals surface area contributed by atoms with Crippen molar-refractivity contribution in [2.75, 3.05) is 0 Å². The molecule has 0 aliphatic rings. The van der Waals surface area contributed by atoms with Gasteiger partial charge in [-0.05, 0) is 36.1 Å². The van der Waals surface area contributed by atoms with Gasteiger partial charge in [0.25, 0.3) is 0 Å². The Morgan fingerprint density at radius 2 is 1.00 bits per heavy atom. The maximum absolute atomic E-state index is 2.40. The molecular weight excluding hydrogens is 290 g/mol. The summed E-state index contributed by atoms with van der Waals surface area (Å²) in [6.07, 6.45) is 0. The van der Waals surface area contributed by atoms with Crippen molar-refractivity contribution < 1.29 is 0 Å². The average molecular weight is 307 g/mol. The molecule has 0 bridgehead atoms. The van der Waals surface area contributed by atoms with Crippen LogP contribution in [0.15, 0.2) is 84.9 Å². The number of rotatable bonds is 1. The summed E-state index contributed by atoms with van der Waals surface area (Å²) in [5.41, 5.74) is 5.07. The SMILES string of the molecule is Cc1ccc(-n2c3ccccc3c3ccccc32)c2ccccc12. The highest BCUT2D eigenvalue weighted by Gasteiger charge is 2.13. The Balaban J connectivity index is 2.02. The molecule has 1 heterocycles. The van der Waals surface area contributed by atoms with Crippen LogP contribution in [-0.4, -0.2) is 4.57 Å². The molecule has 1 aromatic heterocycles. The molecule has 0 radical (unpaired) electrons. The topological polar surface area (TPSA) is 4.93 Å². The molecule has 0 aliphatic heterocycles. The van der Waals surface area contributed by atoms with Gasteiger partial charge in [0.1, 0.15) is 0 Å². The second kappa shape index (κ2) is 4.97. The zero-order valence-corrected chi connectivity index (χ0v) is 13.5. The summed E-state index contributed by atoms with van der Waals surface area (Å²) in [7, 11) is 0. The van der Waals surface area contributed by atoms with E-state index in [2.05, 4.69) is 96.4 Å². The van der Waals surface area contributed by atoms with Gasteiger partial charge in [0.2, 0.25) is 0 Å². The van der Waals surface area contributed by atoms with Crippen LogP contribution in [-0.2, 0) is 0 Å². The van der Waals surface area contributed by atoms with E-state index in [1.807, 2.05) is 0 Å². The summed E-state index contributed by atoms with van der Waals surface area (Å²) < 4.78 is 2.40. The Labute approximate surface area is 140 Å². The zero-order valence-electron chi connectivity index (χ0n) is 13.5. The Kier molecular flexibility index (Phi) is 2.77. The van der Waals surface area contributed by atoms with Crippen molar-refractivity contribution >= 4 is 32.6 Å². The Morgan fingerprint density at radius 1 is 0.500 bits per heavy atom. The lowest BCUT2D eigenvalue weighted by molar-refractivity contribution is 1.19. The van der Waals surface area contributed by atoms with Crippen LogP contribution in [0.3, 0.4) is 0 Å². The lowest BCUT2D eigenvalue weighted by Crippen LogP contribution is -1.95. The largest absolute Gasteiger partial charge is 0.309 e. The smallest absolute Gasteiger partial charge is 0.0541 e. The van der Waals surface area contributed by atoms with E-state index in [0.717, 1.165) is 0 Å². The van der Waals surface area contributed by atoms with Gasteiger partial charge in [-0.3, -0.25) is 0 Å². The molecule has 5 rings (SSSR count). The molecule has 24 heavy (non-hydrogen) atoms. The predicted octanol–water partition coefficient (Wildman–Crippen LogP) is 6.25. The molecule has 5 aromatic rings. The van der Waals surface area contributed by atoms with E-state index in [4.69, 9.17) is 0 Å². The van der Waals surface area contributed by atoms with Gasteiger partial charge < -0.3 is 4.57 Å². The number of aromatic nitrogens is 1. The molecule has 114 valence electrons. The van der Waals surface area contributed by atoms with E-state index < -0.39 is 0 Å². The number of nitrogens with zero attached hydrogens (tertiary/aromatic N) is 1. The zero-order chi connectivity index (χ0) is 16.1. The molecule has 0 amide bonds. The van der Waals surface area contributed by atoms with E-state index in [9.17, 15) is 0 Å². The maximum Gasteiger partial charge on any atom is 0.0541 e. The van der Waals surface area contributed by atoms with Gasteiger partial charge >= 0.3 is 0 Å². The molecule has 0 unspecified atom stereocenters. The normalized spacial score (nSPS) is 11.5. The quantitative estimate of drug-likeness (QED) is 0.345. The molecule has 0 saturated heterocycles. The van der Waals surface area contributed by atoms with E-state index in [-0.39, 0.29) is 0 Å². The summed E-state index contributed by atoms with van der Waals surface area (Å²) in [6.45, 7) is 2.18. The lowest BCUT2D eigenvalue weighted by Gasteiger charge is -2.13. The molecule has 1 nitrogen and oxygen atoms in total. The van der Waals surface area contributed by atoms with Gasteiger partial charge in [-0.25, -0.2) is 0 Å². The minimum absolute atomic E-state index is 1.24. The number of fused-ring (bicyclic) bond motifs is 4. The average Bonchev–Trinajstić information content (AvgIpc) is 2.97. The van der Waals surface area contributed by atoms with Crippen molar-refractivity contribution in [1.29, 1.82) is 0 Å². The third kappa shape index (κ3) is 1.75. The van der Waals surface area contributed by atoms with E-state index >= 15 is 0 Å². The van der Waals surface area contributed by atoms with Crippen molar-refractivity contribution in [3.8, 4) is 5.69 Å². The molecule has 0 fully saturated rings. The van der Waals surface area contributed by atoms with Gasteiger partial charge in [-0.1, -0.05) is 66.7 Å². The van der Waals surface area contributed by atoms with Crippen molar-refractivity contribution in [1.82, 2.24) is 4.57 Å². The molecule has 1 heteroatoms. The van der Waals surface area contributed by atoms with Gasteiger partial charge in [0.15, 0.2) is 0 Å². The van der Waals surface area contributed by atoms with Crippen LogP contribution >= 0.6 is 0 Å². The minimum Gasteiger partial charge on any atom is -0.309 e. The number of benzene rings is 4. The van der Waals surface area contributed by atoms with Crippen molar-refractivity contribution in [2.45, 2.75) is 6.92 Å². The fourth-order valence-corrected chi connectivity index (χ4v) is 3.81. The first-order valence-electron chi connectivity index (χ1n) is 8.31. The third-order valence-electron chi connectivity index (χ3n) is 4.94. The highest BCUT2D eigenvalue weighted by atomic mass is 15.0. The molecule has 0 spiro atoms. The van der Waals surface area contributed by atoms with Gasteiger partial charge in [-0.15, -0.1) is 0 Å². The summed E-state index contributed by atoms with van der Waals surface area (Å²) in [4.78, 5) is 0. The molecular formula is C23H17N. The van der Waals surface area contributed by atoms with Gasteiger partial charge in [0.05, 0.1) is 16.7 Å². The fourth-order valence-electron chi connectivity index (χ4n) is 3.81. The highest BCUT2D eigenvalue weighted by Crippen LogP contribution is 2.34. The van der Waals surface area contributed by atoms with E-state index in [0.29, 0.717) is 0 Å². The molecule has 0 saturated carbocycles. The standard InChI is InChI=1S/C23H17N/c1-16-14-15-23(18-9-3-2-8-17(16)18)24-21-12-6-4-10-19(21)20-11-5-7-13-22(20)24/h2-15H,1H3. The molecule has 4 aromatic carbocycles. The first-order valence-corrected chi connectivity index (χ1v) is 8.31. The van der Waals surface area contributed by atoms with Crippen LogP contribution in [0, 0.1) is 6.92 Å². The summed E-state index contributed by atoms with van der Waals surface area (Å²) in [6, 6.07) is 30.5. The van der Waals surface area contributed by atoms with Crippen LogP contribution in [0.2, 0.25) is 0 Å². The van der Waals surface area contributed by atoms with Crippen molar-refractivity contribution in [3.63, 3.8) is 0 Å². The van der Waals surface area contributed by atoms with Crippen molar-refractivity contribution in [3.05, 3.63) is 90.5 Å². The molecule has 0 aliphatic carbocycles. The second-order valence-corrected chi connectivity index (χ2v) is 6.32. The Hall–Kier alpha value is -3.06. The van der Waals surface area contributed by atoms with Gasteiger partial charge in [-0.2, -0.15) is 0 Å². The lowest BCUT2D eigenvalue weighted by atomic mass is 10.0.